The lowest BCUT2D eigenvalue weighted by Gasteiger charge is -2.29. The molecule has 0 spiro atoms. The van der Waals surface area contributed by atoms with E-state index in [1.54, 1.807) is 4.90 Å². The third kappa shape index (κ3) is 6.13. The summed E-state index contributed by atoms with van der Waals surface area (Å²) < 4.78 is 0. The van der Waals surface area contributed by atoms with Crippen molar-refractivity contribution >= 4 is 17.7 Å². The highest BCUT2D eigenvalue weighted by molar-refractivity contribution is 6.05. The number of carbonyl (C=O) groups excluding carboxylic acids is 3. The summed E-state index contributed by atoms with van der Waals surface area (Å²) >= 11 is 0. The quantitative estimate of drug-likeness (QED) is 0.248. The second kappa shape index (κ2) is 12.1. The Bertz CT molecular complexity index is 816. The zero-order valence-corrected chi connectivity index (χ0v) is 18.6. The molecule has 0 aliphatic carbocycles. The molecule has 1 saturated heterocycles. The Hall–Kier alpha value is -2.33. The van der Waals surface area contributed by atoms with Gasteiger partial charge in [-0.15, -0.1) is 0 Å². The van der Waals surface area contributed by atoms with Crippen molar-refractivity contribution in [3.05, 3.63) is 34.9 Å². The molecular weight excluding hydrogens is 410 g/mol. The summed E-state index contributed by atoms with van der Waals surface area (Å²) in [5.41, 5.74) is 8.12. The highest BCUT2D eigenvalue weighted by atomic mass is 16.3. The summed E-state index contributed by atoms with van der Waals surface area (Å²) in [5, 5.41) is 14.9. The predicted octanol–water partition coefficient (Wildman–Crippen LogP) is -0.0395. The van der Waals surface area contributed by atoms with Crippen LogP contribution in [0, 0.1) is 0 Å². The van der Waals surface area contributed by atoms with Gasteiger partial charge in [-0.05, 0) is 63.0 Å². The highest BCUT2D eigenvalue weighted by Crippen LogP contribution is 2.29. The fourth-order valence-electron chi connectivity index (χ4n) is 4.44. The summed E-state index contributed by atoms with van der Waals surface area (Å²) in [4.78, 5) is 40.6. The number of aliphatic hydroxyl groups is 1. The first kappa shape index (κ1) is 24.3. The van der Waals surface area contributed by atoms with E-state index in [0.717, 1.165) is 50.0 Å². The van der Waals surface area contributed by atoms with Crippen molar-refractivity contribution in [2.45, 2.75) is 51.2 Å². The molecule has 0 aromatic heterocycles. The number of amides is 3. The van der Waals surface area contributed by atoms with Crippen molar-refractivity contribution in [2.24, 2.45) is 5.73 Å². The van der Waals surface area contributed by atoms with Gasteiger partial charge in [-0.3, -0.25) is 19.7 Å². The van der Waals surface area contributed by atoms with Crippen LogP contribution in [-0.2, 0) is 22.7 Å². The van der Waals surface area contributed by atoms with E-state index < -0.39 is 6.04 Å². The van der Waals surface area contributed by atoms with Gasteiger partial charge in [-0.2, -0.15) is 0 Å². The first-order valence-electron chi connectivity index (χ1n) is 11.5. The number of fused-ring (bicyclic) bond motifs is 1. The van der Waals surface area contributed by atoms with E-state index in [-0.39, 0.29) is 30.7 Å². The number of nitrogens with one attached hydrogen (secondary N) is 2. The lowest BCUT2D eigenvalue weighted by Crippen LogP contribution is -2.52. The van der Waals surface area contributed by atoms with E-state index in [0.29, 0.717) is 38.2 Å². The molecule has 176 valence electrons. The number of hydrogen-bond acceptors (Lipinski definition) is 7. The first-order valence-corrected chi connectivity index (χ1v) is 11.5. The van der Waals surface area contributed by atoms with Gasteiger partial charge < -0.3 is 26.0 Å². The van der Waals surface area contributed by atoms with Crippen LogP contribution in [0.25, 0.3) is 0 Å². The van der Waals surface area contributed by atoms with Crippen LogP contribution in [0.2, 0.25) is 0 Å². The maximum atomic E-state index is 13.1. The molecule has 0 radical (unpaired) electrons. The van der Waals surface area contributed by atoms with Gasteiger partial charge in [0.25, 0.3) is 5.91 Å². The Balaban J connectivity index is 1.48. The number of benzene rings is 1. The Labute approximate surface area is 189 Å². The molecule has 2 heterocycles. The molecule has 3 amide bonds. The molecule has 1 atom stereocenters. The van der Waals surface area contributed by atoms with Crippen LogP contribution in [0.15, 0.2) is 18.2 Å². The van der Waals surface area contributed by atoms with E-state index in [2.05, 4.69) is 15.5 Å². The molecule has 1 unspecified atom stereocenters. The summed E-state index contributed by atoms with van der Waals surface area (Å²) in [5.74, 6) is -0.797. The third-order valence-corrected chi connectivity index (χ3v) is 6.13. The van der Waals surface area contributed by atoms with Crippen molar-refractivity contribution in [3.63, 3.8) is 0 Å². The average Bonchev–Trinajstić information content (AvgIpc) is 3.11. The summed E-state index contributed by atoms with van der Waals surface area (Å²) in [6.07, 6.45) is 3.58. The van der Waals surface area contributed by atoms with Gasteiger partial charge in [0, 0.05) is 31.6 Å². The van der Waals surface area contributed by atoms with Crippen LogP contribution >= 0.6 is 0 Å². The molecular formula is C23H35N5O4. The second-order valence-electron chi connectivity index (χ2n) is 8.44. The summed E-state index contributed by atoms with van der Waals surface area (Å²) in [6, 6.07) is 5.24. The van der Waals surface area contributed by atoms with E-state index in [1.807, 2.05) is 18.2 Å². The van der Waals surface area contributed by atoms with Crippen LogP contribution in [0.5, 0.6) is 0 Å². The van der Waals surface area contributed by atoms with E-state index >= 15 is 0 Å². The lowest BCUT2D eigenvalue weighted by atomic mass is 10.0. The fraction of sp³-hybridized carbons (Fsp3) is 0.609. The van der Waals surface area contributed by atoms with Gasteiger partial charge in [0.05, 0.1) is 6.61 Å². The summed E-state index contributed by atoms with van der Waals surface area (Å²) in [6.45, 7) is 5.16. The number of carbonyl (C=O) groups is 3. The van der Waals surface area contributed by atoms with E-state index in [1.165, 1.54) is 0 Å². The minimum Gasteiger partial charge on any atom is -0.395 e. The fourth-order valence-corrected chi connectivity index (χ4v) is 4.44. The van der Waals surface area contributed by atoms with Gasteiger partial charge in [0.2, 0.25) is 11.8 Å². The number of unbranched alkanes of at least 4 members (excludes halogenated alkanes) is 1. The van der Waals surface area contributed by atoms with Crippen molar-refractivity contribution in [1.29, 1.82) is 0 Å². The molecule has 0 saturated carbocycles. The van der Waals surface area contributed by atoms with Crippen LogP contribution in [0.4, 0.5) is 0 Å². The number of aliphatic hydroxyl groups excluding tert-OH is 1. The maximum absolute atomic E-state index is 13.1. The number of rotatable bonds is 13. The molecule has 5 N–H and O–H groups in total. The minimum absolute atomic E-state index is 0.133. The number of nitrogens with two attached hydrogens (primary N) is 1. The van der Waals surface area contributed by atoms with Crippen LogP contribution < -0.4 is 16.4 Å². The topological polar surface area (TPSA) is 128 Å². The number of hydrogen-bond donors (Lipinski definition) is 4. The molecule has 1 aromatic carbocycles. The van der Waals surface area contributed by atoms with Crippen molar-refractivity contribution in [3.8, 4) is 0 Å². The average molecular weight is 446 g/mol. The highest BCUT2D eigenvalue weighted by Gasteiger charge is 2.39. The third-order valence-electron chi connectivity index (χ3n) is 6.13. The number of nitrogens with zero attached hydrogens (tertiary/aromatic N) is 2. The normalized spacial score (nSPS) is 18.4. The molecule has 9 heteroatoms. The standard InChI is InChI=1S/C23H35N5O4/c24-9-4-12-27(13-14-29)11-2-1-10-25-15-17-5-3-6-18-16-28(23(32)21(17)18)19-7-8-20(30)26-22(19)31/h3,5-6,19,25,29H,1-2,4,7-16,24H2,(H,26,30,31). The zero-order valence-electron chi connectivity index (χ0n) is 18.6. The zero-order chi connectivity index (χ0) is 22.9. The molecule has 0 bridgehead atoms. The summed E-state index contributed by atoms with van der Waals surface area (Å²) in [7, 11) is 0. The molecule has 32 heavy (non-hydrogen) atoms. The minimum atomic E-state index is -0.588. The Morgan fingerprint density at radius 1 is 1.16 bits per heavy atom. The molecule has 3 rings (SSSR count). The SMILES string of the molecule is NCCCN(CCO)CCCCNCc1cccc2c1C(=O)N(C1CCC(=O)NC1=O)C2. The number of imide groups is 1. The van der Waals surface area contributed by atoms with Crippen LogP contribution in [0.3, 0.4) is 0 Å². The molecule has 1 aromatic rings. The Morgan fingerprint density at radius 2 is 1.97 bits per heavy atom. The van der Waals surface area contributed by atoms with Crippen molar-refractivity contribution in [1.82, 2.24) is 20.4 Å². The smallest absolute Gasteiger partial charge is 0.255 e. The number of piperidine rings is 1. The second-order valence-corrected chi connectivity index (χ2v) is 8.44. The van der Waals surface area contributed by atoms with Gasteiger partial charge >= 0.3 is 0 Å². The van der Waals surface area contributed by atoms with Crippen LogP contribution in [0.1, 0.15) is 53.6 Å². The largest absolute Gasteiger partial charge is 0.395 e. The van der Waals surface area contributed by atoms with E-state index in [4.69, 9.17) is 5.73 Å². The van der Waals surface area contributed by atoms with Gasteiger partial charge in [0.15, 0.2) is 0 Å². The van der Waals surface area contributed by atoms with Crippen molar-refractivity contribution in [2.75, 3.05) is 39.3 Å². The van der Waals surface area contributed by atoms with E-state index in [9.17, 15) is 19.5 Å². The molecule has 1 fully saturated rings. The molecule has 2 aliphatic rings. The lowest BCUT2D eigenvalue weighted by molar-refractivity contribution is -0.136. The van der Waals surface area contributed by atoms with Gasteiger partial charge in [-0.25, -0.2) is 0 Å². The van der Waals surface area contributed by atoms with Gasteiger partial charge in [0.1, 0.15) is 6.04 Å². The predicted molar refractivity (Wildman–Crippen MR) is 121 cm³/mol. The van der Waals surface area contributed by atoms with Crippen LogP contribution in [-0.4, -0.2) is 78.0 Å². The molecule has 9 nitrogen and oxygen atoms in total. The first-order chi connectivity index (χ1) is 15.5. The Kier molecular flexibility index (Phi) is 9.16. The molecule has 2 aliphatic heterocycles. The monoisotopic (exact) mass is 445 g/mol. The van der Waals surface area contributed by atoms with Crippen molar-refractivity contribution < 1.29 is 19.5 Å². The maximum Gasteiger partial charge on any atom is 0.255 e. The Morgan fingerprint density at radius 3 is 2.72 bits per heavy atom. The van der Waals surface area contributed by atoms with Gasteiger partial charge in [-0.1, -0.05) is 18.2 Å².